The number of H-pyrrole nitrogens is 1. The summed E-state index contributed by atoms with van der Waals surface area (Å²) in [6.45, 7) is 5.48. The van der Waals surface area contributed by atoms with Crippen molar-refractivity contribution >= 4 is 22.9 Å². The van der Waals surface area contributed by atoms with Crippen LogP contribution in [0, 0.1) is 0 Å². The van der Waals surface area contributed by atoms with Gasteiger partial charge in [0.15, 0.2) is 0 Å². The Kier molecular flexibility index (Phi) is 5.16. The average Bonchev–Trinajstić information content (AvgIpc) is 2.91. The van der Waals surface area contributed by atoms with Gasteiger partial charge in [0.25, 0.3) is 5.91 Å². The fourth-order valence-electron chi connectivity index (χ4n) is 2.10. The predicted octanol–water partition coefficient (Wildman–Crippen LogP) is 2.32. The first-order valence-corrected chi connectivity index (χ1v) is 7.41. The number of fused-ring (bicyclic) bond motifs is 1. The van der Waals surface area contributed by atoms with Crippen LogP contribution in [-0.4, -0.2) is 47.4 Å². The number of benzene rings is 1. The van der Waals surface area contributed by atoms with Gasteiger partial charge in [0.1, 0.15) is 5.82 Å². The lowest BCUT2D eigenvalue weighted by Gasteiger charge is -2.09. The second-order valence-electron chi connectivity index (χ2n) is 5.63. The van der Waals surface area contributed by atoms with Crippen LogP contribution < -0.4 is 0 Å². The summed E-state index contributed by atoms with van der Waals surface area (Å²) in [5, 5.41) is 0. The lowest BCUT2D eigenvalue weighted by molar-refractivity contribution is -0.139. The van der Waals surface area contributed by atoms with Crippen molar-refractivity contribution in [3.63, 3.8) is 0 Å². The summed E-state index contributed by atoms with van der Waals surface area (Å²) in [7, 11) is 3.44. The molecule has 0 saturated carbocycles. The van der Waals surface area contributed by atoms with E-state index in [9.17, 15) is 9.59 Å². The summed E-state index contributed by atoms with van der Waals surface area (Å²) in [6.07, 6.45) is 1.33. The molecular weight excluding hydrogens is 294 g/mol. The van der Waals surface area contributed by atoms with Gasteiger partial charge in [0.05, 0.1) is 17.6 Å². The Hall–Kier alpha value is -2.63. The summed E-state index contributed by atoms with van der Waals surface area (Å²) in [4.78, 5) is 32.4. The van der Waals surface area contributed by atoms with Crippen LogP contribution in [0.15, 0.2) is 30.4 Å². The van der Waals surface area contributed by atoms with E-state index in [4.69, 9.17) is 4.74 Å². The fourth-order valence-corrected chi connectivity index (χ4v) is 2.10. The first kappa shape index (κ1) is 16.7. The van der Waals surface area contributed by atoms with Crippen molar-refractivity contribution < 1.29 is 14.3 Å². The molecule has 6 heteroatoms. The van der Waals surface area contributed by atoms with E-state index < -0.39 is 0 Å². The van der Waals surface area contributed by atoms with Crippen molar-refractivity contribution in [1.29, 1.82) is 0 Å². The van der Waals surface area contributed by atoms with Crippen molar-refractivity contribution in [1.82, 2.24) is 14.9 Å². The highest BCUT2D eigenvalue weighted by atomic mass is 16.5. The van der Waals surface area contributed by atoms with Gasteiger partial charge in [-0.15, -0.1) is 0 Å². The molecule has 6 nitrogen and oxygen atoms in total. The lowest BCUT2D eigenvalue weighted by atomic mass is 10.2. The number of aromatic amines is 1. The molecule has 0 atom stereocenters. The smallest absolute Gasteiger partial charge is 0.333 e. The Bertz CT molecular complexity index is 747. The van der Waals surface area contributed by atoms with Gasteiger partial charge in [-0.05, 0) is 31.5 Å². The number of ether oxygens (including phenoxy) is 1. The molecule has 1 aromatic heterocycles. The molecular formula is C17H21N3O3. The molecule has 23 heavy (non-hydrogen) atoms. The molecule has 2 aromatic rings. The highest BCUT2D eigenvalue weighted by Gasteiger charge is 2.10. The maximum absolute atomic E-state index is 12.0. The highest BCUT2D eigenvalue weighted by molar-refractivity contribution is 5.97. The number of aryl methyl sites for hydroxylation is 1. The van der Waals surface area contributed by atoms with Crippen molar-refractivity contribution in [2.24, 2.45) is 0 Å². The number of hydrogen-bond donors (Lipinski definition) is 1. The Labute approximate surface area is 135 Å². The fraction of sp³-hybridized carbons (Fsp3) is 0.353. The van der Waals surface area contributed by atoms with Gasteiger partial charge in [-0.1, -0.05) is 6.58 Å². The number of imidazole rings is 1. The first-order chi connectivity index (χ1) is 10.9. The quantitative estimate of drug-likeness (QED) is 0.504. The van der Waals surface area contributed by atoms with Crippen LogP contribution in [0.2, 0.25) is 0 Å². The standard InChI is InChI=1S/C17H21N3O3/c1-11(2)17(22)23-9-5-6-15-18-13-8-7-12(10-14(13)19-15)16(21)20(3)4/h7-8,10H,1,5-6,9H2,2-4H3,(H,18,19). The first-order valence-electron chi connectivity index (χ1n) is 7.41. The summed E-state index contributed by atoms with van der Waals surface area (Å²) < 4.78 is 5.05. The third kappa shape index (κ3) is 4.18. The number of carbonyl (C=O) groups is 2. The number of nitrogens with one attached hydrogen (secondary N) is 1. The summed E-state index contributed by atoms with van der Waals surface area (Å²) >= 11 is 0. The molecule has 0 aliphatic rings. The number of aromatic nitrogens is 2. The molecule has 1 N–H and O–H groups in total. The van der Waals surface area contributed by atoms with Gasteiger partial charge < -0.3 is 14.6 Å². The topological polar surface area (TPSA) is 75.3 Å². The van der Waals surface area contributed by atoms with Crippen LogP contribution in [0.5, 0.6) is 0 Å². The number of hydrogen-bond acceptors (Lipinski definition) is 4. The Morgan fingerprint density at radius 3 is 2.74 bits per heavy atom. The molecule has 0 unspecified atom stereocenters. The molecule has 1 aromatic carbocycles. The van der Waals surface area contributed by atoms with Gasteiger partial charge >= 0.3 is 5.97 Å². The minimum absolute atomic E-state index is 0.0465. The summed E-state index contributed by atoms with van der Waals surface area (Å²) in [5.74, 6) is 0.386. The molecule has 1 heterocycles. The number of esters is 1. The van der Waals surface area contributed by atoms with E-state index in [1.54, 1.807) is 33.2 Å². The molecule has 1 amide bonds. The van der Waals surface area contributed by atoms with Crippen LogP contribution in [0.3, 0.4) is 0 Å². The normalized spacial score (nSPS) is 10.6. The highest BCUT2D eigenvalue weighted by Crippen LogP contribution is 2.15. The van der Waals surface area contributed by atoms with E-state index in [-0.39, 0.29) is 11.9 Å². The molecule has 122 valence electrons. The third-order valence-corrected chi connectivity index (χ3v) is 3.32. The molecule has 0 saturated heterocycles. The van der Waals surface area contributed by atoms with Crippen LogP contribution >= 0.6 is 0 Å². The minimum atomic E-state index is -0.374. The van der Waals surface area contributed by atoms with Crippen LogP contribution in [-0.2, 0) is 16.0 Å². The zero-order valence-corrected chi connectivity index (χ0v) is 13.7. The lowest BCUT2D eigenvalue weighted by Crippen LogP contribution is -2.21. The molecule has 0 radical (unpaired) electrons. The van der Waals surface area contributed by atoms with E-state index in [0.717, 1.165) is 16.9 Å². The number of nitrogens with zero attached hydrogens (tertiary/aromatic N) is 2. The predicted molar refractivity (Wildman–Crippen MR) is 88.2 cm³/mol. The SMILES string of the molecule is C=C(C)C(=O)OCCCc1nc2ccc(C(=O)N(C)C)cc2[nH]1. The minimum Gasteiger partial charge on any atom is -0.462 e. The van der Waals surface area contributed by atoms with E-state index in [2.05, 4.69) is 16.5 Å². The van der Waals surface area contributed by atoms with Gasteiger partial charge in [0, 0.05) is 31.7 Å². The second kappa shape index (κ2) is 7.09. The van der Waals surface area contributed by atoms with Crippen LogP contribution in [0.25, 0.3) is 11.0 Å². The van der Waals surface area contributed by atoms with Crippen LogP contribution in [0.1, 0.15) is 29.5 Å². The second-order valence-corrected chi connectivity index (χ2v) is 5.63. The van der Waals surface area contributed by atoms with E-state index in [0.29, 0.717) is 30.6 Å². The van der Waals surface area contributed by atoms with Crippen molar-refractivity contribution in [3.05, 3.63) is 41.7 Å². The van der Waals surface area contributed by atoms with Crippen molar-refractivity contribution in [2.45, 2.75) is 19.8 Å². The zero-order chi connectivity index (χ0) is 17.0. The van der Waals surface area contributed by atoms with Gasteiger partial charge in [-0.2, -0.15) is 0 Å². The van der Waals surface area contributed by atoms with Crippen molar-refractivity contribution in [2.75, 3.05) is 20.7 Å². The Morgan fingerprint density at radius 2 is 2.09 bits per heavy atom. The average molecular weight is 315 g/mol. The molecule has 2 rings (SSSR count). The van der Waals surface area contributed by atoms with E-state index in [1.807, 2.05) is 6.07 Å². The molecule has 0 aliphatic heterocycles. The third-order valence-electron chi connectivity index (χ3n) is 3.32. The van der Waals surface area contributed by atoms with Gasteiger partial charge in [0.2, 0.25) is 0 Å². The molecule has 0 fully saturated rings. The largest absolute Gasteiger partial charge is 0.462 e. The number of amides is 1. The van der Waals surface area contributed by atoms with Gasteiger partial charge in [-0.25, -0.2) is 9.78 Å². The van der Waals surface area contributed by atoms with Crippen molar-refractivity contribution in [3.8, 4) is 0 Å². The van der Waals surface area contributed by atoms with E-state index >= 15 is 0 Å². The van der Waals surface area contributed by atoms with Crippen LogP contribution in [0.4, 0.5) is 0 Å². The number of rotatable bonds is 6. The summed E-state index contributed by atoms with van der Waals surface area (Å²) in [6, 6.07) is 5.40. The maximum atomic E-state index is 12.0. The monoisotopic (exact) mass is 315 g/mol. The summed E-state index contributed by atoms with van der Waals surface area (Å²) in [5.41, 5.74) is 2.65. The number of carbonyl (C=O) groups excluding carboxylic acids is 2. The van der Waals surface area contributed by atoms with Gasteiger partial charge in [-0.3, -0.25) is 4.79 Å². The Morgan fingerprint density at radius 1 is 1.35 bits per heavy atom. The van der Waals surface area contributed by atoms with E-state index in [1.165, 1.54) is 4.90 Å². The zero-order valence-electron chi connectivity index (χ0n) is 13.7. The Balaban J connectivity index is 1.99. The molecule has 0 aliphatic carbocycles. The molecule has 0 bridgehead atoms. The maximum Gasteiger partial charge on any atom is 0.333 e. The molecule has 0 spiro atoms.